The molecule has 0 aliphatic carbocycles. The average molecular weight is 664 g/mol. The van der Waals surface area contributed by atoms with E-state index in [2.05, 4.69) is 205 Å². The van der Waals surface area contributed by atoms with E-state index < -0.39 is 0 Å². The van der Waals surface area contributed by atoms with Crippen LogP contribution in [0, 0.1) is 0 Å². The Bertz CT molecular complexity index is 2900. The first-order valence-corrected chi connectivity index (χ1v) is 17.8. The molecule has 244 valence electrons. The van der Waals surface area contributed by atoms with Crippen LogP contribution in [0.3, 0.4) is 0 Å². The lowest BCUT2D eigenvalue weighted by molar-refractivity contribution is 0.669. The Balaban J connectivity index is 1.14. The van der Waals surface area contributed by atoms with Crippen molar-refractivity contribution >= 4 is 60.5 Å². The van der Waals surface area contributed by atoms with Gasteiger partial charge >= 0.3 is 0 Å². The highest BCUT2D eigenvalue weighted by atomic mass is 16.3. The van der Waals surface area contributed by atoms with Crippen molar-refractivity contribution < 1.29 is 4.42 Å². The van der Waals surface area contributed by atoms with Crippen LogP contribution in [0.25, 0.3) is 76.9 Å². The van der Waals surface area contributed by atoms with Crippen molar-refractivity contribution in [3.63, 3.8) is 0 Å². The summed E-state index contributed by atoms with van der Waals surface area (Å²) in [7, 11) is 0. The first kappa shape index (κ1) is 30.0. The van der Waals surface area contributed by atoms with Crippen molar-refractivity contribution in [1.82, 2.24) is 0 Å². The topological polar surface area (TPSA) is 16.4 Å². The quantitative estimate of drug-likeness (QED) is 0.176. The molecule has 10 aromatic rings. The SMILES string of the molecule is c1ccc(-c2cccc(N(c3ccc(-c4cccc5ccccc45)cc3)c3ccccc3-c3ccc4oc5cc6ccccc6cc5c4c3)c2)cc1. The third kappa shape index (κ3) is 5.21. The van der Waals surface area contributed by atoms with Gasteiger partial charge in [-0.2, -0.15) is 0 Å². The molecule has 2 heteroatoms. The molecule has 2 nitrogen and oxygen atoms in total. The zero-order valence-corrected chi connectivity index (χ0v) is 28.4. The smallest absolute Gasteiger partial charge is 0.136 e. The molecule has 0 bridgehead atoms. The summed E-state index contributed by atoms with van der Waals surface area (Å²) in [5, 5.41) is 7.13. The highest BCUT2D eigenvalue weighted by Crippen LogP contribution is 2.44. The van der Waals surface area contributed by atoms with Gasteiger partial charge in [0.1, 0.15) is 11.2 Å². The summed E-state index contributed by atoms with van der Waals surface area (Å²) < 4.78 is 6.39. The second-order valence-corrected chi connectivity index (χ2v) is 13.4. The molecule has 10 rings (SSSR count). The number of hydrogen-bond acceptors (Lipinski definition) is 2. The van der Waals surface area contributed by atoms with Crippen molar-refractivity contribution in [2.24, 2.45) is 0 Å². The molecular formula is C50H33NO. The van der Waals surface area contributed by atoms with Crippen molar-refractivity contribution in [1.29, 1.82) is 0 Å². The highest BCUT2D eigenvalue weighted by Gasteiger charge is 2.19. The monoisotopic (exact) mass is 663 g/mol. The van der Waals surface area contributed by atoms with Gasteiger partial charge in [0.2, 0.25) is 0 Å². The van der Waals surface area contributed by atoms with Gasteiger partial charge in [0.05, 0.1) is 5.69 Å². The Kier molecular flexibility index (Phi) is 7.18. The van der Waals surface area contributed by atoms with Crippen LogP contribution in [0.4, 0.5) is 17.1 Å². The van der Waals surface area contributed by atoms with E-state index in [-0.39, 0.29) is 0 Å². The predicted octanol–water partition coefficient (Wildman–Crippen LogP) is 14.4. The molecule has 9 aromatic carbocycles. The molecule has 0 radical (unpaired) electrons. The number of fused-ring (bicyclic) bond motifs is 5. The molecule has 1 aromatic heterocycles. The van der Waals surface area contributed by atoms with Gasteiger partial charge in [0, 0.05) is 27.7 Å². The zero-order valence-electron chi connectivity index (χ0n) is 28.4. The predicted molar refractivity (Wildman–Crippen MR) is 220 cm³/mol. The number of benzene rings is 9. The van der Waals surface area contributed by atoms with Crippen LogP contribution >= 0.6 is 0 Å². The lowest BCUT2D eigenvalue weighted by Crippen LogP contribution is -2.11. The minimum atomic E-state index is 0.892. The van der Waals surface area contributed by atoms with Gasteiger partial charge < -0.3 is 9.32 Å². The van der Waals surface area contributed by atoms with Crippen LogP contribution < -0.4 is 4.90 Å². The van der Waals surface area contributed by atoms with Gasteiger partial charge in [-0.15, -0.1) is 0 Å². The number of para-hydroxylation sites is 1. The average Bonchev–Trinajstić information content (AvgIpc) is 3.57. The van der Waals surface area contributed by atoms with Gasteiger partial charge in [-0.05, 0) is 104 Å². The van der Waals surface area contributed by atoms with Crippen molar-refractivity contribution in [3.8, 4) is 33.4 Å². The fraction of sp³-hybridized carbons (Fsp3) is 0. The van der Waals surface area contributed by atoms with E-state index in [0.717, 1.165) is 50.1 Å². The number of furan rings is 1. The molecule has 1 heterocycles. The minimum absolute atomic E-state index is 0.892. The van der Waals surface area contributed by atoms with Gasteiger partial charge in [0.25, 0.3) is 0 Å². The van der Waals surface area contributed by atoms with Crippen LogP contribution in [0.1, 0.15) is 0 Å². The molecule has 0 saturated heterocycles. The summed E-state index contributed by atoms with van der Waals surface area (Å²) in [6, 6.07) is 71.8. The largest absolute Gasteiger partial charge is 0.456 e. The number of hydrogen-bond donors (Lipinski definition) is 0. The van der Waals surface area contributed by atoms with E-state index in [1.165, 1.54) is 43.8 Å². The number of nitrogens with zero attached hydrogens (tertiary/aromatic N) is 1. The Morgan fingerprint density at radius 3 is 1.81 bits per heavy atom. The Morgan fingerprint density at radius 2 is 0.942 bits per heavy atom. The van der Waals surface area contributed by atoms with Gasteiger partial charge in [0.15, 0.2) is 0 Å². The molecule has 0 fully saturated rings. The molecule has 0 saturated carbocycles. The minimum Gasteiger partial charge on any atom is -0.456 e. The van der Waals surface area contributed by atoms with E-state index in [9.17, 15) is 0 Å². The van der Waals surface area contributed by atoms with Crippen molar-refractivity contribution in [3.05, 3.63) is 200 Å². The second-order valence-electron chi connectivity index (χ2n) is 13.4. The normalized spacial score (nSPS) is 11.5. The summed E-state index contributed by atoms with van der Waals surface area (Å²) in [6.45, 7) is 0. The Morgan fingerprint density at radius 1 is 0.308 bits per heavy atom. The maximum Gasteiger partial charge on any atom is 0.136 e. The fourth-order valence-corrected chi connectivity index (χ4v) is 7.69. The molecular weight excluding hydrogens is 631 g/mol. The molecule has 0 N–H and O–H groups in total. The number of rotatable bonds is 6. The van der Waals surface area contributed by atoms with Gasteiger partial charge in [-0.25, -0.2) is 0 Å². The maximum absolute atomic E-state index is 6.39. The molecule has 0 amide bonds. The van der Waals surface area contributed by atoms with Crippen LogP contribution in [-0.2, 0) is 0 Å². The fourth-order valence-electron chi connectivity index (χ4n) is 7.69. The van der Waals surface area contributed by atoms with Crippen LogP contribution in [0.2, 0.25) is 0 Å². The van der Waals surface area contributed by atoms with Crippen LogP contribution in [0.15, 0.2) is 205 Å². The lowest BCUT2D eigenvalue weighted by atomic mass is 9.97. The summed E-state index contributed by atoms with van der Waals surface area (Å²) in [5.74, 6) is 0. The standard InChI is InChI=1S/C50H33NO/c1-2-12-34(13-3-1)37-18-10-19-42(30-37)51(41-27-24-36(25-28-41)44-22-11-17-35-14-6-7-20-43(35)44)48-23-9-8-21-45(48)40-26-29-49-46(32-40)47-31-38-15-4-5-16-39(38)33-50(47)52-49/h1-33H. The summed E-state index contributed by atoms with van der Waals surface area (Å²) in [6.07, 6.45) is 0. The van der Waals surface area contributed by atoms with Gasteiger partial charge in [-0.3, -0.25) is 0 Å². The maximum atomic E-state index is 6.39. The van der Waals surface area contributed by atoms with Crippen molar-refractivity contribution in [2.45, 2.75) is 0 Å². The lowest BCUT2D eigenvalue weighted by Gasteiger charge is -2.28. The third-order valence-electron chi connectivity index (χ3n) is 10.2. The van der Waals surface area contributed by atoms with Crippen LogP contribution in [-0.4, -0.2) is 0 Å². The zero-order chi connectivity index (χ0) is 34.4. The summed E-state index contributed by atoms with van der Waals surface area (Å²) in [5.41, 5.74) is 12.1. The molecule has 0 spiro atoms. The highest BCUT2D eigenvalue weighted by molar-refractivity contribution is 6.11. The summed E-state index contributed by atoms with van der Waals surface area (Å²) >= 11 is 0. The van der Waals surface area contributed by atoms with E-state index in [4.69, 9.17) is 4.42 Å². The first-order chi connectivity index (χ1) is 25.8. The number of anilines is 3. The van der Waals surface area contributed by atoms with E-state index in [1.54, 1.807) is 0 Å². The molecule has 0 unspecified atom stereocenters. The van der Waals surface area contributed by atoms with Gasteiger partial charge in [-0.1, -0.05) is 146 Å². The molecule has 52 heavy (non-hydrogen) atoms. The first-order valence-electron chi connectivity index (χ1n) is 17.8. The molecule has 0 atom stereocenters. The third-order valence-corrected chi connectivity index (χ3v) is 10.2. The van der Waals surface area contributed by atoms with E-state index in [0.29, 0.717) is 0 Å². The molecule has 0 aliphatic heterocycles. The Labute approximate surface area is 302 Å². The van der Waals surface area contributed by atoms with E-state index >= 15 is 0 Å². The van der Waals surface area contributed by atoms with Crippen LogP contribution in [0.5, 0.6) is 0 Å². The molecule has 0 aliphatic rings. The van der Waals surface area contributed by atoms with Crippen molar-refractivity contribution in [2.75, 3.05) is 4.90 Å². The Hall–Kier alpha value is -6.90. The van der Waals surface area contributed by atoms with E-state index in [1.807, 2.05) is 0 Å². The summed E-state index contributed by atoms with van der Waals surface area (Å²) in [4.78, 5) is 2.39. The second kappa shape index (κ2) is 12.5.